The van der Waals surface area contributed by atoms with Gasteiger partial charge in [-0.25, -0.2) is 0 Å². The molecule has 0 aliphatic heterocycles. The van der Waals surface area contributed by atoms with Crippen LogP contribution < -0.4 is 5.32 Å². The van der Waals surface area contributed by atoms with Crippen LogP contribution in [0, 0.1) is 11.8 Å². The quantitative estimate of drug-likeness (QED) is 0.725. The second kappa shape index (κ2) is 5.16. The molecule has 0 aromatic rings. The van der Waals surface area contributed by atoms with Crippen molar-refractivity contribution >= 4 is 0 Å². The average molecular weight is 195 g/mol. The molecule has 0 bridgehead atoms. The molecule has 1 heteroatoms. The molecule has 0 aromatic carbocycles. The molecule has 0 amide bonds. The molecule has 2 rings (SSSR count). The standard InChI is InChI=1S/C13H25N/c1-2-11-7-8-13(9-11)14-10-12-5-3-4-6-12/h11-14H,2-10H2,1H3. The van der Waals surface area contributed by atoms with Crippen molar-refractivity contribution in [2.45, 2.75) is 64.3 Å². The van der Waals surface area contributed by atoms with E-state index < -0.39 is 0 Å². The lowest BCUT2D eigenvalue weighted by Gasteiger charge is -2.16. The topological polar surface area (TPSA) is 12.0 Å². The second-order valence-corrected chi connectivity index (χ2v) is 5.34. The van der Waals surface area contributed by atoms with Gasteiger partial charge in [0.25, 0.3) is 0 Å². The van der Waals surface area contributed by atoms with Crippen LogP contribution in [0.2, 0.25) is 0 Å². The van der Waals surface area contributed by atoms with E-state index >= 15 is 0 Å². The lowest BCUT2D eigenvalue weighted by Crippen LogP contribution is -2.30. The van der Waals surface area contributed by atoms with Crippen LogP contribution in [-0.4, -0.2) is 12.6 Å². The Balaban J connectivity index is 1.61. The van der Waals surface area contributed by atoms with Gasteiger partial charge in [0.1, 0.15) is 0 Å². The summed E-state index contributed by atoms with van der Waals surface area (Å²) in [6.45, 7) is 3.64. The highest BCUT2D eigenvalue weighted by atomic mass is 14.9. The summed E-state index contributed by atoms with van der Waals surface area (Å²) >= 11 is 0. The Morgan fingerprint density at radius 1 is 1.00 bits per heavy atom. The molecule has 2 atom stereocenters. The normalized spacial score (nSPS) is 34.1. The first-order chi connectivity index (χ1) is 6.88. The van der Waals surface area contributed by atoms with Crippen molar-refractivity contribution < 1.29 is 0 Å². The summed E-state index contributed by atoms with van der Waals surface area (Å²) in [5.74, 6) is 2.03. The van der Waals surface area contributed by atoms with E-state index in [1.54, 1.807) is 0 Å². The monoisotopic (exact) mass is 195 g/mol. The molecule has 82 valence electrons. The van der Waals surface area contributed by atoms with E-state index in [2.05, 4.69) is 12.2 Å². The third kappa shape index (κ3) is 2.73. The van der Waals surface area contributed by atoms with E-state index in [0.29, 0.717) is 0 Å². The Morgan fingerprint density at radius 3 is 2.43 bits per heavy atom. The van der Waals surface area contributed by atoms with E-state index in [4.69, 9.17) is 0 Å². The summed E-state index contributed by atoms with van der Waals surface area (Å²) in [5.41, 5.74) is 0. The summed E-state index contributed by atoms with van der Waals surface area (Å²) in [4.78, 5) is 0. The number of rotatable bonds is 4. The van der Waals surface area contributed by atoms with Crippen LogP contribution in [0.25, 0.3) is 0 Å². The summed E-state index contributed by atoms with van der Waals surface area (Å²) in [7, 11) is 0. The summed E-state index contributed by atoms with van der Waals surface area (Å²) in [6.07, 6.45) is 11.7. The van der Waals surface area contributed by atoms with Crippen LogP contribution in [0.3, 0.4) is 0 Å². The summed E-state index contributed by atoms with van der Waals surface area (Å²) < 4.78 is 0. The molecule has 0 radical (unpaired) electrons. The Kier molecular flexibility index (Phi) is 3.86. The van der Waals surface area contributed by atoms with Crippen LogP contribution in [0.15, 0.2) is 0 Å². The lowest BCUT2D eigenvalue weighted by molar-refractivity contribution is 0.421. The van der Waals surface area contributed by atoms with Gasteiger partial charge in [-0.3, -0.25) is 0 Å². The molecule has 0 spiro atoms. The first-order valence-electron chi connectivity index (χ1n) is 6.62. The Labute approximate surface area is 88.7 Å². The molecule has 0 heterocycles. The van der Waals surface area contributed by atoms with Crippen LogP contribution >= 0.6 is 0 Å². The number of nitrogens with one attached hydrogen (secondary N) is 1. The van der Waals surface area contributed by atoms with Crippen molar-refractivity contribution in [3.8, 4) is 0 Å². The van der Waals surface area contributed by atoms with Crippen molar-refractivity contribution in [2.24, 2.45) is 11.8 Å². The van der Waals surface area contributed by atoms with Crippen molar-refractivity contribution in [2.75, 3.05) is 6.54 Å². The van der Waals surface area contributed by atoms with E-state index in [9.17, 15) is 0 Å². The minimum absolute atomic E-state index is 0.862. The smallest absolute Gasteiger partial charge is 0.00699 e. The molecule has 1 nitrogen and oxygen atoms in total. The van der Waals surface area contributed by atoms with Gasteiger partial charge in [-0.2, -0.15) is 0 Å². The van der Waals surface area contributed by atoms with Gasteiger partial charge in [0.15, 0.2) is 0 Å². The highest BCUT2D eigenvalue weighted by Crippen LogP contribution is 2.29. The zero-order chi connectivity index (χ0) is 9.80. The molecule has 2 aliphatic carbocycles. The van der Waals surface area contributed by atoms with E-state index in [-0.39, 0.29) is 0 Å². The predicted molar refractivity (Wildman–Crippen MR) is 61.4 cm³/mol. The zero-order valence-corrected chi connectivity index (χ0v) is 9.60. The van der Waals surface area contributed by atoms with Crippen molar-refractivity contribution in [1.82, 2.24) is 5.32 Å². The largest absolute Gasteiger partial charge is 0.314 e. The molecule has 0 aromatic heterocycles. The highest BCUT2D eigenvalue weighted by molar-refractivity contribution is 4.81. The molecule has 1 N–H and O–H groups in total. The van der Waals surface area contributed by atoms with Crippen LogP contribution in [0.5, 0.6) is 0 Å². The highest BCUT2D eigenvalue weighted by Gasteiger charge is 2.24. The number of hydrogen-bond acceptors (Lipinski definition) is 1. The second-order valence-electron chi connectivity index (χ2n) is 5.34. The van der Waals surface area contributed by atoms with Gasteiger partial charge in [0, 0.05) is 6.04 Å². The van der Waals surface area contributed by atoms with Gasteiger partial charge in [0.05, 0.1) is 0 Å². The van der Waals surface area contributed by atoms with Crippen molar-refractivity contribution in [1.29, 1.82) is 0 Å². The number of hydrogen-bond donors (Lipinski definition) is 1. The molecule has 2 unspecified atom stereocenters. The maximum Gasteiger partial charge on any atom is 0.00699 e. The summed E-state index contributed by atoms with van der Waals surface area (Å²) in [6, 6.07) is 0.862. The maximum atomic E-state index is 3.79. The maximum absolute atomic E-state index is 3.79. The minimum Gasteiger partial charge on any atom is -0.314 e. The van der Waals surface area contributed by atoms with Gasteiger partial charge in [-0.1, -0.05) is 26.2 Å². The molecular formula is C13H25N. The van der Waals surface area contributed by atoms with Crippen molar-refractivity contribution in [3.05, 3.63) is 0 Å². The molecule has 0 saturated heterocycles. The third-order valence-corrected chi connectivity index (χ3v) is 4.29. The van der Waals surface area contributed by atoms with Gasteiger partial charge in [-0.15, -0.1) is 0 Å². The van der Waals surface area contributed by atoms with Crippen molar-refractivity contribution in [3.63, 3.8) is 0 Å². The fourth-order valence-corrected chi connectivity index (χ4v) is 3.18. The fraction of sp³-hybridized carbons (Fsp3) is 1.00. The van der Waals surface area contributed by atoms with Gasteiger partial charge >= 0.3 is 0 Å². The van der Waals surface area contributed by atoms with Gasteiger partial charge in [0.2, 0.25) is 0 Å². The first kappa shape index (κ1) is 10.5. The van der Waals surface area contributed by atoms with Gasteiger partial charge < -0.3 is 5.32 Å². The molecule has 2 fully saturated rings. The van der Waals surface area contributed by atoms with Crippen LogP contribution in [-0.2, 0) is 0 Å². The third-order valence-electron chi connectivity index (χ3n) is 4.29. The Bertz CT molecular complexity index is 161. The Morgan fingerprint density at radius 2 is 1.79 bits per heavy atom. The SMILES string of the molecule is CCC1CCC(NCC2CCCC2)C1. The molecule has 14 heavy (non-hydrogen) atoms. The van der Waals surface area contributed by atoms with E-state index in [1.807, 2.05) is 0 Å². The zero-order valence-electron chi connectivity index (χ0n) is 9.60. The molecular weight excluding hydrogens is 170 g/mol. The lowest BCUT2D eigenvalue weighted by atomic mass is 10.0. The van der Waals surface area contributed by atoms with E-state index in [1.165, 1.54) is 57.9 Å². The molecule has 2 aliphatic rings. The summed E-state index contributed by atoms with van der Waals surface area (Å²) in [5, 5.41) is 3.79. The van der Waals surface area contributed by atoms with E-state index in [0.717, 1.165) is 17.9 Å². The predicted octanol–water partition coefficient (Wildman–Crippen LogP) is 3.34. The van der Waals surface area contributed by atoms with Crippen LogP contribution in [0.1, 0.15) is 58.3 Å². The average Bonchev–Trinajstić information content (AvgIpc) is 2.86. The molecule has 2 saturated carbocycles. The fourth-order valence-electron chi connectivity index (χ4n) is 3.18. The Hall–Kier alpha value is -0.0400. The first-order valence-corrected chi connectivity index (χ1v) is 6.62. The van der Waals surface area contributed by atoms with Gasteiger partial charge in [-0.05, 0) is 50.5 Å². The minimum atomic E-state index is 0.862. The van der Waals surface area contributed by atoms with Crippen LogP contribution in [0.4, 0.5) is 0 Å².